The predicted octanol–water partition coefficient (Wildman–Crippen LogP) is 8.94. The van der Waals surface area contributed by atoms with Gasteiger partial charge in [0.2, 0.25) is 0 Å². The van der Waals surface area contributed by atoms with E-state index in [-0.39, 0.29) is 0 Å². The fraction of sp³-hybridized carbons (Fsp3) is 0.172. The largest absolute Gasteiger partial charge is 0.491 e. The molecule has 0 bridgehead atoms. The quantitative estimate of drug-likeness (QED) is 0.150. The monoisotopic (exact) mass is 561 g/mol. The number of aryl methyl sites for hydroxylation is 1. The van der Waals surface area contributed by atoms with Crippen molar-refractivity contribution in [2.24, 2.45) is 0 Å². The molecule has 4 aromatic carbocycles. The zero-order chi connectivity index (χ0) is 26.4. The van der Waals surface area contributed by atoms with Crippen LogP contribution in [-0.4, -0.2) is 20.3 Å². The van der Waals surface area contributed by atoms with Gasteiger partial charge in [-0.05, 0) is 85.8 Å². The Hall–Kier alpha value is -2.58. The van der Waals surface area contributed by atoms with Gasteiger partial charge < -0.3 is 9.47 Å². The summed E-state index contributed by atoms with van der Waals surface area (Å²) in [6, 6.07) is 27.2. The van der Waals surface area contributed by atoms with Crippen molar-refractivity contribution in [3.05, 3.63) is 107 Å². The van der Waals surface area contributed by atoms with E-state index in [0.717, 1.165) is 42.2 Å². The summed E-state index contributed by atoms with van der Waals surface area (Å²) >= 11 is 8.02. The Bertz CT molecular complexity index is 1310. The van der Waals surface area contributed by atoms with Crippen molar-refractivity contribution in [1.29, 1.82) is 0 Å². The van der Waals surface area contributed by atoms with Crippen LogP contribution in [0.1, 0.15) is 11.1 Å². The number of halogens is 4. The molecular weight excluding hydrogens is 537 g/mol. The maximum atomic E-state index is 13.1. The van der Waals surface area contributed by atoms with Crippen LogP contribution in [0.4, 0.5) is 13.2 Å². The number of rotatable bonds is 9. The summed E-state index contributed by atoms with van der Waals surface area (Å²) in [7, 11) is 1.07. The highest BCUT2D eigenvalue weighted by molar-refractivity contribution is 7.99. The Labute approximate surface area is 227 Å². The molecule has 0 spiro atoms. The highest BCUT2D eigenvalue weighted by Gasteiger charge is 2.33. The predicted molar refractivity (Wildman–Crippen MR) is 144 cm³/mol. The molecule has 0 aromatic heterocycles. The molecule has 0 fully saturated rings. The molecule has 0 amide bonds. The summed E-state index contributed by atoms with van der Waals surface area (Å²) in [5, 5.41) is 0.591. The zero-order valence-electron chi connectivity index (χ0n) is 20.2. The van der Waals surface area contributed by atoms with E-state index in [1.54, 1.807) is 25.3 Å². The van der Waals surface area contributed by atoms with Gasteiger partial charge in [-0.25, -0.2) is 0 Å². The van der Waals surface area contributed by atoms with Crippen molar-refractivity contribution in [2.75, 3.05) is 20.3 Å². The van der Waals surface area contributed by atoms with E-state index in [1.165, 1.54) is 11.8 Å². The van der Waals surface area contributed by atoms with Gasteiger partial charge >= 0.3 is 6.18 Å². The van der Waals surface area contributed by atoms with Gasteiger partial charge in [-0.3, -0.25) is 0 Å². The third-order valence-electron chi connectivity index (χ3n) is 5.42. The molecule has 0 aliphatic carbocycles. The Kier molecular flexibility index (Phi) is 9.13. The van der Waals surface area contributed by atoms with E-state index >= 15 is 0 Å². The van der Waals surface area contributed by atoms with Crippen molar-refractivity contribution < 1.29 is 22.6 Å². The molecule has 1 atom stereocenters. The molecule has 0 saturated heterocycles. The topological polar surface area (TPSA) is 18.5 Å². The lowest BCUT2D eigenvalue weighted by molar-refractivity contribution is -0.137. The number of hydrogen-bond donors (Lipinski definition) is 0. The normalized spacial score (nSPS) is 12.4. The molecule has 4 aromatic rings. The summed E-state index contributed by atoms with van der Waals surface area (Å²) in [4.78, 5) is 4.77. The lowest BCUT2D eigenvalue weighted by Crippen LogP contribution is -2.08. The fourth-order valence-electron chi connectivity index (χ4n) is 3.53. The number of hydrogen-bond acceptors (Lipinski definition) is 3. The van der Waals surface area contributed by atoms with Crippen LogP contribution in [0.2, 0.25) is 5.02 Å². The summed E-state index contributed by atoms with van der Waals surface area (Å²) in [5.41, 5.74) is 0.473. The average molecular weight is 562 g/mol. The molecule has 1 unspecified atom stereocenters. The number of methoxy groups -OCH3 is 1. The third kappa shape index (κ3) is 7.26. The number of benzene rings is 4. The van der Waals surface area contributed by atoms with Gasteiger partial charge in [0.15, 0.2) is 14.7 Å². The number of ether oxygens (including phenoxy) is 2. The van der Waals surface area contributed by atoms with Crippen molar-refractivity contribution >= 4 is 34.3 Å². The Morgan fingerprint density at radius 3 is 1.89 bits per heavy atom. The minimum atomic E-state index is -4.37. The van der Waals surface area contributed by atoms with Crippen molar-refractivity contribution in [3.63, 3.8) is 0 Å². The second-order valence-electron chi connectivity index (χ2n) is 8.15. The van der Waals surface area contributed by atoms with Crippen LogP contribution in [0.3, 0.4) is 0 Å². The van der Waals surface area contributed by atoms with Gasteiger partial charge in [-0.2, -0.15) is 13.2 Å². The lowest BCUT2D eigenvalue weighted by atomic mass is 10.2. The van der Waals surface area contributed by atoms with Crippen LogP contribution in [0.5, 0.6) is 5.75 Å². The molecule has 0 aliphatic rings. The summed E-state index contributed by atoms with van der Waals surface area (Å²) < 4.78 is 50.0. The fourth-order valence-corrected chi connectivity index (χ4v) is 6.68. The van der Waals surface area contributed by atoms with Gasteiger partial charge in [-0.1, -0.05) is 41.1 Å². The van der Waals surface area contributed by atoms with Crippen LogP contribution in [0.15, 0.2) is 115 Å². The zero-order valence-corrected chi connectivity index (χ0v) is 22.6. The minimum Gasteiger partial charge on any atom is -0.491 e. The second-order valence-corrected chi connectivity index (χ2v) is 11.7. The molecule has 37 heavy (non-hydrogen) atoms. The molecule has 0 saturated carbocycles. The molecule has 0 radical (unpaired) electrons. The molecule has 0 heterocycles. The van der Waals surface area contributed by atoms with E-state index in [0.29, 0.717) is 24.0 Å². The van der Waals surface area contributed by atoms with Gasteiger partial charge in [-0.15, -0.1) is 0 Å². The van der Waals surface area contributed by atoms with Crippen LogP contribution in [0, 0.1) is 6.92 Å². The summed E-state index contributed by atoms with van der Waals surface area (Å²) in [6.45, 7) is 2.95. The van der Waals surface area contributed by atoms with Gasteiger partial charge in [0.1, 0.15) is 12.4 Å². The van der Waals surface area contributed by atoms with E-state index in [4.69, 9.17) is 21.1 Å². The maximum Gasteiger partial charge on any atom is 0.416 e. The summed E-state index contributed by atoms with van der Waals surface area (Å²) in [5.74, 6) is 0.681. The summed E-state index contributed by atoms with van der Waals surface area (Å²) in [6.07, 6.45) is -4.37. The standard InChI is InChI=1S/C29H25ClF3O2S2/c1-20-3-10-24(11-4-20)37(25-12-5-21(6-13-25)29(31,32)33)26-14-8-23(9-15-26)36-28-16-7-22(19-27(28)30)35-18-17-34-2/h3-16,19H,17-18H2,1-2H3/q+1. The van der Waals surface area contributed by atoms with E-state index in [1.807, 2.05) is 67.6 Å². The third-order valence-corrected chi connectivity index (χ3v) is 9.16. The molecule has 8 heteroatoms. The van der Waals surface area contributed by atoms with Crippen molar-refractivity contribution in [3.8, 4) is 5.75 Å². The van der Waals surface area contributed by atoms with Crippen LogP contribution < -0.4 is 4.74 Å². The SMILES string of the molecule is COCCOc1ccc(Sc2ccc([S+](c3ccc(C)cc3)c3ccc(C(F)(F)F)cc3)cc2)c(Cl)c1. The van der Waals surface area contributed by atoms with Gasteiger partial charge in [0.25, 0.3) is 0 Å². The molecule has 2 nitrogen and oxygen atoms in total. The first-order chi connectivity index (χ1) is 17.7. The first-order valence-electron chi connectivity index (χ1n) is 11.4. The van der Waals surface area contributed by atoms with Crippen LogP contribution in [-0.2, 0) is 21.8 Å². The van der Waals surface area contributed by atoms with Crippen molar-refractivity contribution in [2.45, 2.75) is 37.6 Å². The first-order valence-corrected chi connectivity index (χ1v) is 13.8. The molecule has 0 aliphatic heterocycles. The van der Waals surface area contributed by atoms with Crippen LogP contribution in [0.25, 0.3) is 0 Å². The smallest absolute Gasteiger partial charge is 0.416 e. The van der Waals surface area contributed by atoms with Gasteiger partial charge in [0, 0.05) is 16.9 Å². The highest BCUT2D eigenvalue weighted by atomic mass is 35.5. The molecular formula is C29H25ClF3O2S2+. The van der Waals surface area contributed by atoms with Gasteiger partial charge in [0.05, 0.1) is 28.1 Å². The molecule has 4 rings (SSSR count). The van der Waals surface area contributed by atoms with Crippen molar-refractivity contribution in [1.82, 2.24) is 0 Å². The second kappa shape index (κ2) is 12.3. The molecule has 0 N–H and O–H groups in total. The van der Waals surface area contributed by atoms with E-state index < -0.39 is 22.6 Å². The van der Waals surface area contributed by atoms with E-state index in [9.17, 15) is 13.2 Å². The lowest BCUT2D eigenvalue weighted by Gasteiger charge is -2.11. The molecule has 192 valence electrons. The van der Waals surface area contributed by atoms with E-state index in [2.05, 4.69) is 0 Å². The Morgan fingerprint density at radius 2 is 1.35 bits per heavy atom. The Morgan fingerprint density at radius 1 is 0.784 bits per heavy atom. The maximum absolute atomic E-state index is 13.1. The highest BCUT2D eigenvalue weighted by Crippen LogP contribution is 2.38. The minimum absolute atomic E-state index is 0.447. The Balaban J connectivity index is 1.58. The average Bonchev–Trinajstić information content (AvgIpc) is 2.88. The van der Waals surface area contributed by atoms with Crippen LogP contribution >= 0.6 is 23.4 Å². The first kappa shape index (κ1) is 27.5. The number of alkyl halides is 3.